The summed E-state index contributed by atoms with van der Waals surface area (Å²) in [4.78, 5) is 35.1. The fraction of sp³-hybridized carbons (Fsp3) is 0.357. The van der Waals surface area contributed by atoms with Crippen LogP contribution in [0.4, 0.5) is 4.79 Å². The van der Waals surface area contributed by atoms with Crippen molar-refractivity contribution < 1.29 is 23.9 Å². The second-order valence-corrected chi connectivity index (χ2v) is 4.71. The zero-order chi connectivity index (χ0) is 16.0. The van der Waals surface area contributed by atoms with E-state index in [1.165, 1.54) is 21.1 Å². The van der Waals surface area contributed by atoms with Crippen molar-refractivity contribution in [2.24, 2.45) is 5.92 Å². The van der Waals surface area contributed by atoms with Crippen LogP contribution in [0.25, 0.3) is 0 Å². The molecule has 2 unspecified atom stereocenters. The number of ether oxygens (including phenoxy) is 2. The SMILES string of the molecule is COC(=O)NC(c1ccc(Cl)cc1)C(C(C)=O)C(=O)OC. The highest BCUT2D eigenvalue weighted by Gasteiger charge is 2.35. The summed E-state index contributed by atoms with van der Waals surface area (Å²) in [6.07, 6.45) is -0.759. The van der Waals surface area contributed by atoms with Crippen molar-refractivity contribution in [3.63, 3.8) is 0 Å². The van der Waals surface area contributed by atoms with E-state index in [2.05, 4.69) is 14.8 Å². The Morgan fingerprint density at radius 3 is 2.10 bits per heavy atom. The summed E-state index contributed by atoms with van der Waals surface area (Å²) < 4.78 is 9.17. The smallest absolute Gasteiger partial charge is 0.407 e. The molecule has 0 aliphatic carbocycles. The Hall–Kier alpha value is -2.08. The van der Waals surface area contributed by atoms with E-state index in [4.69, 9.17) is 11.6 Å². The lowest BCUT2D eigenvalue weighted by molar-refractivity contribution is -0.150. The van der Waals surface area contributed by atoms with E-state index in [9.17, 15) is 14.4 Å². The summed E-state index contributed by atoms with van der Waals surface area (Å²) in [5, 5.41) is 2.97. The first-order valence-electron chi connectivity index (χ1n) is 6.09. The summed E-state index contributed by atoms with van der Waals surface area (Å²) in [6.45, 7) is 1.25. The lowest BCUT2D eigenvalue weighted by Crippen LogP contribution is -2.40. The highest BCUT2D eigenvalue weighted by atomic mass is 35.5. The number of alkyl carbamates (subject to hydrolysis) is 1. The number of hydrogen-bond donors (Lipinski definition) is 1. The van der Waals surface area contributed by atoms with Crippen LogP contribution < -0.4 is 5.32 Å². The quantitative estimate of drug-likeness (QED) is 0.665. The zero-order valence-electron chi connectivity index (χ0n) is 11.9. The Morgan fingerprint density at radius 1 is 1.10 bits per heavy atom. The molecule has 0 radical (unpaired) electrons. The van der Waals surface area contributed by atoms with Crippen molar-refractivity contribution in [2.75, 3.05) is 14.2 Å². The first-order valence-corrected chi connectivity index (χ1v) is 6.46. The predicted molar refractivity (Wildman–Crippen MR) is 75.9 cm³/mol. The van der Waals surface area contributed by atoms with E-state index in [0.29, 0.717) is 10.6 Å². The normalized spacial score (nSPS) is 13.0. The van der Waals surface area contributed by atoms with Crippen LogP contribution in [0.5, 0.6) is 0 Å². The molecule has 114 valence electrons. The number of Topliss-reactive ketones (excluding diaryl/α,β-unsaturated/α-hetero) is 1. The van der Waals surface area contributed by atoms with Crippen LogP contribution >= 0.6 is 11.6 Å². The molecule has 21 heavy (non-hydrogen) atoms. The summed E-state index contributed by atoms with van der Waals surface area (Å²) in [6, 6.07) is 5.51. The Bertz CT molecular complexity index is 529. The van der Waals surface area contributed by atoms with Gasteiger partial charge in [0.15, 0.2) is 0 Å². The number of amides is 1. The van der Waals surface area contributed by atoms with Gasteiger partial charge in [-0.15, -0.1) is 0 Å². The lowest BCUT2D eigenvalue weighted by atomic mass is 9.90. The first-order chi connectivity index (χ1) is 9.90. The third kappa shape index (κ3) is 4.46. The topological polar surface area (TPSA) is 81.7 Å². The van der Waals surface area contributed by atoms with Gasteiger partial charge in [0.2, 0.25) is 0 Å². The van der Waals surface area contributed by atoms with Gasteiger partial charge < -0.3 is 14.8 Å². The maximum Gasteiger partial charge on any atom is 0.407 e. The van der Waals surface area contributed by atoms with Gasteiger partial charge in [0, 0.05) is 5.02 Å². The third-order valence-corrected chi connectivity index (χ3v) is 3.17. The number of methoxy groups -OCH3 is 2. The highest BCUT2D eigenvalue weighted by molar-refractivity contribution is 6.30. The molecule has 0 aliphatic heterocycles. The molecule has 7 heteroatoms. The summed E-state index contributed by atoms with van der Waals surface area (Å²) in [5.41, 5.74) is 0.537. The largest absolute Gasteiger partial charge is 0.468 e. The number of carbonyl (C=O) groups is 3. The maximum atomic E-state index is 11.8. The molecule has 0 spiro atoms. The fourth-order valence-corrected chi connectivity index (χ4v) is 2.00. The molecule has 0 saturated carbocycles. The first kappa shape index (κ1) is 17.0. The monoisotopic (exact) mass is 313 g/mol. The minimum Gasteiger partial charge on any atom is -0.468 e. The van der Waals surface area contributed by atoms with E-state index in [0.717, 1.165) is 0 Å². The van der Waals surface area contributed by atoms with E-state index in [1.54, 1.807) is 24.3 Å². The van der Waals surface area contributed by atoms with E-state index < -0.39 is 29.8 Å². The maximum absolute atomic E-state index is 11.8. The van der Waals surface area contributed by atoms with Gasteiger partial charge in [-0.3, -0.25) is 9.59 Å². The number of carbonyl (C=O) groups excluding carboxylic acids is 3. The number of halogens is 1. The van der Waals surface area contributed by atoms with Gasteiger partial charge in [0.25, 0.3) is 0 Å². The molecule has 0 heterocycles. The second-order valence-electron chi connectivity index (χ2n) is 4.28. The molecule has 1 amide bonds. The van der Waals surface area contributed by atoms with Crippen LogP contribution in [0.3, 0.4) is 0 Å². The number of rotatable bonds is 5. The van der Waals surface area contributed by atoms with Crippen LogP contribution in [-0.2, 0) is 19.1 Å². The van der Waals surface area contributed by atoms with E-state index in [-0.39, 0.29) is 0 Å². The Kier molecular flexibility index (Phi) is 6.17. The van der Waals surface area contributed by atoms with Crippen LogP contribution in [0.2, 0.25) is 5.02 Å². The molecule has 2 atom stereocenters. The van der Waals surface area contributed by atoms with Crippen LogP contribution in [0.1, 0.15) is 18.5 Å². The number of benzene rings is 1. The lowest BCUT2D eigenvalue weighted by Gasteiger charge is -2.24. The minimum absolute atomic E-state index is 0.432. The molecule has 0 fully saturated rings. The van der Waals surface area contributed by atoms with E-state index in [1.807, 2.05) is 0 Å². The van der Waals surface area contributed by atoms with Gasteiger partial charge in [0.05, 0.1) is 20.3 Å². The van der Waals surface area contributed by atoms with Crippen molar-refractivity contribution in [3.05, 3.63) is 34.9 Å². The van der Waals surface area contributed by atoms with Crippen LogP contribution in [0.15, 0.2) is 24.3 Å². The molecule has 1 rings (SSSR count). The van der Waals surface area contributed by atoms with Crippen LogP contribution in [-0.4, -0.2) is 32.1 Å². The molecule has 6 nitrogen and oxygen atoms in total. The van der Waals surface area contributed by atoms with Gasteiger partial charge in [-0.25, -0.2) is 4.79 Å². The molecule has 1 aromatic carbocycles. The summed E-state index contributed by atoms with van der Waals surface area (Å²) in [7, 11) is 2.37. The minimum atomic E-state index is -1.17. The van der Waals surface area contributed by atoms with Crippen molar-refractivity contribution in [2.45, 2.75) is 13.0 Å². The molecule has 1 N–H and O–H groups in total. The number of hydrogen-bond acceptors (Lipinski definition) is 5. The van der Waals surface area contributed by atoms with Crippen molar-refractivity contribution >= 4 is 29.4 Å². The second kappa shape index (κ2) is 7.64. The summed E-state index contributed by atoms with van der Waals surface area (Å²) in [5.74, 6) is -2.34. The van der Waals surface area contributed by atoms with Crippen molar-refractivity contribution in [1.29, 1.82) is 0 Å². The average molecular weight is 314 g/mol. The number of esters is 1. The van der Waals surface area contributed by atoms with Crippen molar-refractivity contribution in [3.8, 4) is 0 Å². The van der Waals surface area contributed by atoms with Gasteiger partial charge in [-0.1, -0.05) is 23.7 Å². The van der Waals surface area contributed by atoms with Crippen LogP contribution in [0, 0.1) is 5.92 Å². The van der Waals surface area contributed by atoms with Crippen molar-refractivity contribution in [1.82, 2.24) is 5.32 Å². The third-order valence-electron chi connectivity index (χ3n) is 2.91. The molecule has 0 aromatic heterocycles. The van der Waals surface area contributed by atoms with Gasteiger partial charge in [-0.2, -0.15) is 0 Å². The summed E-state index contributed by atoms with van der Waals surface area (Å²) >= 11 is 5.81. The Morgan fingerprint density at radius 2 is 1.67 bits per heavy atom. The Balaban J connectivity index is 3.22. The van der Waals surface area contributed by atoms with Gasteiger partial charge in [-0.05, 0) is 24.6 Å². The molecule has 0 bridgehead atoms. The number of ketones is 1. The fourth-order valence-electron chi connectivity index (χ4n) is 1.88. The van der Waals surface area contributed by atoms with E-state index >= 15 is 0 Å². The zero-order valence-corrected chi connectivity index (χ0v) is 12.6. The highest BCUT2D eigenvalue weighted by Crippen LogP contribution is 2.26. The molecule has 0 saturated heterocycles. The molecular weight excluding hydrogens is 298 g/mol. The molecule has 0 aliphatic rings. The molecular formula is C14H16ClNO5. The van der Waals surface area contributed by atoms with Gasteiger partial charge in [0.1, 0.15) is 11.7 Å². The standard InChI is InChI=1S/C14H16ClNO5/c1-8(17)11(13(18)20-2)12(16-14(19)21-3)9-4-6-10(15)7-5-9/h4-7,11-12H,1-3H3,(H,16,19). The average Bonchev–Trinajstić information content (AvgIpc) is 2.46. The molecule has 1 aromatic rings. The number of nitrogens with one attached hydrogen (secondary N) is 1. The Labute approximate surface area is 127 Å². The van der Waals surface area contributed by atoms with Gasteiger partial charge >= 0.3 is 12.1 Å². The predicted octanol–water partition coefficient (Wildman–Crippen LogP) is 2.12.